The van der Waals surface area contributed by atoms with Crippen molar-refractivity contribution < 1.29 is 24.6 Å². The number of carboxylic acids is 2. The van der Waals surface area contributed by atoms with Crippen LogP contribution in [0.25, 0.3) is 0 Å². The summed E-state index contributed by atoms with van der Waals surface area (Å²) in [5.74, 6) is -2.62. The van der Waals surface area contributed by atoms with E-state index in [-0.39, 0.29) is 0 Å². The summed E-state index contributed by atoms with van der Waals surface area (Å²) in [5.41, 5.74) is 2.30. The van der Waals surface area contributed by atoms with Gasteiger partial charge in [-0.25, -0.2) is 0 Å². The quantitative estimate of drug-likeness (QED) is 0.601. The van der Waals surface area contributed by atoms with Crippen LogP contribution in [0.5, 0.6) is 0 Å². The van der Waals surface area contributed by atoms with Gasteiger partial charge < -0.3 is 15.1 Å². The lowest BCUT2D eigenvalue weighted by atomic mass is 10.2. The Morgan fingerprint density at radius 2 is 1.17 bits per heavy atom. The molecule has 0 aromatic heterocycles. The van der Waals surface area contributed by atoms with Gasteiger partial charge in [0.05, 0.1) is 0 Å². The number of aliphatic carboxylic acids is 2. The Kier molecular flexibility index (Phi) is 8.31. The number of hydrogen-bond donors (Lipinski definition) is 2. The lowest BCUT2D eigenvalue weighted by Gasteiger charge is -2.17. The third-order valence-electron chi connectivity index (χ3n) is 2.91. The molecule has 0 heterocycles. The Balaban J connectivity index is 0.000000351. The van der Waals surface area contributed by atoms with E-state index < -0.39 is 18.4 Å². The Hall–Kier alpha value is -3.15. The number of benzene rings is 2. The molecule has 0 fully saturated rings. The molecule has 0 aliphatic heterocycles. The van der Waals surface area contributed by atoms with Gasteiger partial charge in [-0.1, -0.05) is 60.7 Å². The lowest BCUT2D eigenvalue weighted by Crippen LogP contribution is -2.20. The topological polar surface area (TPSA) is 94.9 Å². The van der Waals surface area contributed by atoms with Gasteiger partial charge in [-0.05, 0) is 11.1 Å². The zero-order valence-corrected chi connectivity index (χ0v) is 13.0. The minimum Gasteiger partial charge on any atom is -0.481 e. The van der Waals surface area contributed by atoms with Crippen molar-refractivity contribution in [2.45, 2.75) is 19.5 Å². The maximum Gasteiger partial charge on any atom is 0.314 e. The van der Waals surface area contributed by atoms with Crippen molar-refractivity contribution in [3.8, 4) is 0 Å². The fraction of sp³-hybridized carbons (Fsp3) is 0.167. The van der Waals surface area contributed by atoms with E-state index in [0.29, 0.717) is 13.1 Å². The number of amides is 1. The molecule has 0 unspecified atom stereocenters. The smallest absolute Gasteiger partial charge is 0.314 e. The number of carbonyl (C=O) groups excluding carboxylic acids is 1. The Labute approximate surface area is 140 Å². The fourth-order valence-corrected chi connectivity index (χ4v) is 1.90. The first kappa shape index (κ1) is 18.9. The summed E-state index contributed by atoms with van der Waals surface area (Å²) in [4.78, 5) is 31.7. The summed E-state index contributed by atoms with van der Waals surface area (Å²) in [6.45, 7) is 1.30. The molecule has 6 nitrogen and oxygen atoms in total. The zero-order chi connectivity index (χ0) is 17.8. The SMILES string of the molecule is O=C(O)CC(=O)O.O=CN(Cc1ccccc1)Cc1ccccc1. The summed E-state index contributed by atoms with van der Waals surface area (Å²) in [7, 11) is 0. The first-order valence-electron chi connectivity index (χ1n) is 7.22. The van der Waals surface area contributed by atoms with Gasteiger partial charge in [0.2, 0.25) is 6.41 Å². The van der Waals surface area contributed by atoms with E-state index in [1.807, 2.05) is 60.7 Å². The number of carboxylic acid groups (broad SMARTS) is 2. The van der Waals surface area contributed by atoms with Crippen molar-refractivity contribution in [2.24, 2.45) is 0 Å². The monoisotopic (exact) mass is 329 g/mol. The van der Waals surface area contributed by atoms with Crippen LogP contribution in [-0.2, 0) is 27.5 Å². The number of carbonyl (C=O) groups is 3. The molecule has 2 aromatic rings. The van der Waals surface area contributed by atoms with Gasteiger partial charge in [-0.3, -0.25) is 14.4 Å². The Morgan fingerprint density at radius 3 is 1.42 bits per heavy atom. The van der Waals surface area contributed by atoms with Crippen LogP contribution in [0.2, 0.25) is 0 Å². The molecule has 24 heavy (non-hydrogen) atoms. The molecule has 0 aliphatic carbocycles. The second kappa shape index (κ2) is 10.6. The molecular formula is C18H19NO5. The summed E-state index contributed by atoms with van der Waals surface area (Å²) < 4.78 is 0. The van der Waals surface area contributed by atoms with Gasteiger partial charge in [-0.2, -0.15) is 0 Å². The molecule has 0 saturated heterocycles. The first-order chi connectivity index (χ1) is 11.5. The number of nitrogens with zero attached hydrogens (tertiary/aromatic N) is 1. The van der Waals surface area contributed by atoms with Crippen molar-refractivity contribution in [1.82, 2.24) is 4.90 Å². The predicted octanol–water partition coefficient (Wildman–Crippen LogP) is 2.39. The molecule has 0 spiro atoms. The fourth-order valence-electron chi connectivity index (χ4n) is 1.90. The van der Waals surface area contributed by atoms with E-state index in [2.05, 4.69) is 0 Å². The minimum atomic E-state index is -1.31. The molecule has 0 radical (unpaired) electrons. The van der Waals surface area contributed by atoms with Crippen LogP contribution in [0.3, 0.4) is 0 Å². The molecule has 1 amide bonds. The molecular weight excluding hydrogens is 310 g/mol. The zero-order valence-electron chi connectivity index (χ0n) is 13.0. The molecule has 2 N–H and O–H groups in total. The predicted molar refractivity (Wildman–Crippen MR) is 88.1 cm³/mol. The summed E-state index contributed by atoms with van der Waals surface area (Å²) >= 11 is 0. The molecule has 0 atom stereocenters. The van der Waals surface area contributed by atoms with E-state index in [9.17, 15) is 14.4 Å². The Bertz CT molecular complexity index is 589. The van der Waals surface area contributed by atoms with Gasteiger partial charge >= 0.3 is 11.9 Å². The van der Waals surface area contributed by atoms with Gasteiger partial charge in [0, 0.05) is 13.1 Å². The second-order valence-electron chi connectivity index (χ2n) is 4.95. The second-order valence-corrected chi connectivity index (χ2v) is 4.95. The third-order valence-corrected chi connectivity index (χ3v) is 2.91. The van der Waals surface area contributed by atoms with Crippen molar-refractivity contribution in [3.63, 3.8) is 0 Å². The third kappa shape index (κ3) is 8.33. The van der Waals surface area contributed by atoms with Crippen molar-refractivity contribution in [3.05, 3.63) is 71.8 Å². The van der Waals surface area contributed by atoms with E-state index in [1.165, 1.54) is 0 Å². The molecule has 2 aromatic carbocycles. The molecule has 0 aliphatic rings. The maximum absolute atomic E-state index is 11.0. The normalized spacial score (nSPS) is 9.33. The van der Waals surface area contributed by atoms with Crippen LogP contribution in [0.4, 0.5) is 0 Å². The van der Waals surface area contributed by atoms with Crippen LogP contribution < -0.4 is 0 Å². The average Bonchev–Trinajstić information content (AvgIpc) is 2.55. The van der Waals surface area contributed by atoms with Gasteiger partial charge in [0.25, 0.3) is 0 Å². The highest BCUT2D eigenvalue weighted by molar-refractivity contribution is 5.88. The van der Waals surface area contributed by atoms with E-state index in [4.69, 9.17) is 10.2 Å². The van der Waals surface area contributed by atoms with Crippen LogP contribution in [0.1, 0.15) is 17.5 Å². The highest BCUT2D eigenvalue weighted by Gasteiger charge is 2.03. The average molecular weight is 329 g/mol. The molecule has 6 heteroatoms. The Morgan fingerprint density at radius 1 is 0.792 bits per heavy atom. The van der Waals surface area contributed by atoms with Gasteiger partial charge in [-0.15, -0.1) is 0 Å². The maximum atomic E-state index is 11.0. The van der Waals surface area contributed by atoms with Crippen molar-refractivity contribution in [2.75, 3.05) is 0 Å². The van der Waals surface area contributed by atoms with Gasteiger partial charge in [0.15, 0.2) is 0 Å². The first-order valence-corrected chi connectivity index (χ1v) is 7.22. The lowest BCUT2D eigenvalue weighted by molar-refractivity contribution is -0.147. The van der Waals surface area contributed by atoms with Crippen molar-refractivity contribution in [1.29, 1.82) is 0 Å². The highest BCUT2D eigenvalue weighted by atomic mass is 16.4. The van der Waals surface area contributed by atoms with E-state index >= 15 is 0 Å². The van der Waals surface area contributed by atoms with E-state index in [0.717, 1.165) is 17.5 Å². The van der Waals surface area contributed by atoms with Crippen molar-refractivity contribution >= 4 is 18.3 Å². The number of hydrogen-bond acceptors (Lipinski definition) is 3. The largest absolute Gasteiger partial charge is 0.481 e. The molecule has 0 bridgehead atoms. The van der Waals surface area contributed by atoms with Crippen LogP contribution in [-0.4, -0.2) is 33.5 Å². The van der Waals surface area contributed by atoms with Crippen LogP contribution in [0, 0.1) is 0 Å². The minimum absolute atomic E-state index is 0.652. The van der Waals surface area contributed by atoms with Crippen LogP contribution in [0.15, 0.2) is 60.7 Å². The highest BCUT2D eigenvalue weighted by Crippen LogP contribution is 2.07. The standard InChI is InChI=1S/C15H15NO.C3H4O4/c17-13-16(11-14-7-3-1-4-8-14)12-15-9-5-2-6-10-15;4-2(5)1-3(6)7/h1-10,13H,11-12H2;1H2,(H,4,5)(H,6,7). The molecule has 0 saturated carbocycles. The van der Waals surface area contributed by atoms with E-state index in [1.54, 1.807) is 4.90 Å². The number of rotatable bonds is 7. The van der Waals surface area contributed by atoms with Gasteiger partial charge in [0.1, 0.15) is 6.42 Å². The van der Waals surface area contributed by atoms with Crippen LogP contribution >= 0.6 is 0 Å². The molecule has 2 rings (SSSR count). The summed E-state index contributed by atoms with van der Waals surface area (Å²) in [6.07, 6.45) is 0.0972. The summed E-state index contributed by atoms with van der Waals surface area (Å²) in [6, 6.07) is 20.0. The molecule has 126 valence electrons. The summed E-state index contributed by atoms with van der Waals surface area (Å²) in [5, 5.41) is 15.4.